The Kier molecular flexibility index (Phi) is 3.77. The lowest BCUT2D eigenvalue weighted by molar-refractivity contribution is 0.209. The number of aliphatic hydroxyl groups is 1. The van der Waals surface area contributed by atoms with Crippen molar-refractivity contribution < 1.29 is 9.52 Å². The molecule has 0 fully saturated rings. The Balaban J connectivity index is 2.31. The maximum absolute atomic E-state index is 9.50. The molecule has 13 heavy (non-hydrogen) atoms. The normalized spacial score (nSPS) is 12.5. The fourth-order valence-corrected chi connectivity index (χ4v) is 1.21. The van der Waals surface area contributed by atoms with E-state index in [0.29, 0.717) is 0 Å². The number of rotatable bonds is 4. The quantitative estimate of drug-likeness (QED) is 0.722. The van der Waals surface area contributed by atoms with Crippen molar-refractivity contribution in [2.75, 3.05) is 0 Å². The Morgan fingerprint density at radius 1 is 1.62 bits per heavy atom. The van der Waals surface area contributed by atoms with Crippen LogP contribution in [-0.4, -0.2) is 11.2 Å². The summed E-state index contributed by atoms with van der Waals surface area (Å²) in [5.41, 5.74) is 1.15. The van der Waals surface area contributed by atoms with Gasteiger partial charge in [-0.25, -0.2) is 0 Å². The lowest BCUT2D eigenvalue weighted by atomic mass is 10.1. The Morgan fingerprint density at radius 3 is 2.92 bits per heavy atom. The van der Waals surface area contributed by atoms with E-state index >= 15 is 0 Å². The summed E-state index contributed by atoms with van der Waals surface area (Å²) in [6.45, 7) is 3.96. The first-order valence-electron chi connectivity index (χ1n) is 4.54. The van der Waals surface area contributed by atoms with Gasteiger partial charge in [0.05, 0.1) is 12.4 Å². The maximum atomic E-state index is 9.50. The number of hydrogen-bond acceptors (Lipinski definition) is 2. The molecule has 0 saturated carbocycles. The molecule has 1 heterocycles. The van der Waals surface area contributed by atoms with Crippen LogP contribution in [0.3, 0.4) is 0 Å². The average Bonchev–Trinajstić information content (AvgIpc) is 2.51. The minimum atomic E-state index is -0.352. The third-order valence-corrected chi connectivity index (χ3v) is 1.79. The summed E-state index contributed by atoms with van der Waals surface area (Å²) in [6, 6.07) is 3.79. The molecule has 1 N–H and O–H groups in total. The van der Waals surface area contributed by atoms with Crippen LogP contribution in [0.2, 0.25) is 0 Å². The van der Waals surface area contributed by atoms with Crippen LogP contribution in [0.25, 0.3) is 0 Å². The van der Waals surface area contributed by atoms with Crippen LogP contribution >= 0.6 is 0 Å². The van der Waals surface area contributed by atoms with Gasteiger partial charge in [-0.3, -0.25) is 0 Å². The molecule has 0 aliphatic heterocycles. The Labute approximate surface area is 78.9 Å². The molecule has 1 aromatic heterocycles. The summed E-state index contributed by atoms with van der Waals surface area (Å²) < 4.78 is 5.16. The molecular formula is C11H16O2. The fourth-order valence-electron chi connectivity index (χ4n) is 1.21. The Bertz CT molecular complexity index is 256. The molecule has 0 amide bonds. The van der Waals surface area contributed by atoms with Crippen molar-refractivity contribution in [3.63, 3.8) is 0 Å². The van der Waals surface area contributed by atoms with Crippen molar-refractivity contribution in [2.24, 2.45) is 0 Å². The predicted molar refractivity (Wildman–Crippen MR) is 52.5 cm³/mol. The predicted octanol–water partition coefficient (Wildman–Crippen LogP) is 2.54. The van der Waals surface area contributed by atoms with E-state index < -0.39 is 0 Å². The molecular weight excluding hydrogens is 164 g/mol. The minimum Gasteiger partial charge on any atom is -0.469 e. The van der Waals surface area contributed by atoms with Gasteiger partial charge in [0.1, 0.15) is 5.76 Å². The second-order valence-corrected chi connectivity index (χ2v) is 3.43. The summed E-state index contributed by atoms with van der Waals surface area (Å²) in [4.78, 5) is 0. The van der Waals surface area contributed by atoms with Crippen LogP contribution in [0, 0.1) is 0 Å². The Hall–Kier alpha value is -1.02. The van der Waals surface area contributed by atoms with Crippen LogP contribution in [0.5, 0.6) is 0 Å². The lowest BCUT2D eigenvalue weighted by Crippen LogP contribution is -2.04. The molecule has 0 saturated heterocycles. The highest BCUT2D eigenvalue weighted by Crippen LogP contribution is 2.07. The van der Waals surface area contributed by atoms with Gasteiger partial charge >= 0.3 is 0 Å². The van der Waals surface area contributed by atoms with E-state index in [2.05, 4.69) is 0 Å². The first-order chi connectivity index (χ1) is 6.18. The zero-order chi connectivity index (χ0) is 9.68. The van der Waals surface area contributed by atoms with E-state index in [0.717, 1.165) is 24.2 Å². The third kappa shape index (κ3) is 3.95. The van der Waals surface area contributed by atoms with Crippen LogP contribution in [0.15, 0.2) is 34.5 Å². The van der Waals surface area contributed by atoms with E-state index in [-0.39, 0.29) is 6.10 Å². The number of aliphatic hydroxyl groups excluding tert-OH is 1. The molecule has 1 atom stereocenters. The van der Waals surface area contributed by atoms with Crippen LogP contribution in [0.4, 0.5) is 0 Å². The molecule has 0 aliphatic rings. The monoisotopic (exact) mass is 180 g/mol. The van der Waals surface area contributed by atoms with E-state index in [1.165, 1.54) is 0 Å². The molecule has 2 nitrogen and oxygen atoms in total. The highest BCUT2D eigenvalue weighted by molar-refractivity contribution is 5.02. The summed E-state index contributed by atoms with van der Waals surface area (Å²) in [5.74, 6) is 0.932. The number of aryl methyl sites for hydroxylation is 1. The van der Waals surface area contributed by atoms with E-state index in [9.17, 15) is 5.11 Å². The zero-order valence-corrected chi connectivity index (χ0v) is 8.16. The van der Waals surface area contributed by atoms with Crippen molar-refractivity contribution in [1.82, 2.24) is 0 Å². The lowest BCUT2D eigenvalue weighted by Gasteiger charge is -2.04. The SMILES string of the molecule is CC(C)=CC(O)CCc1ccco1. The standard InChI is InChI=1S/C11H16O2/c1-9(2)8-10(12)5-6-11-4-3-7-13-11/h3-4,7-8,10,12H,5-6H2,1-2H3. The van der Waals surface area contributed by atoms with E-state index in [1.807, 2.05) is 32.1 Å². The van der Waals surface area contributed by atoms with Gasteiger partial charge in [-0.1, -0.05) is 11.6 Å². The van der Waals surface area contributed by atoms with Crippen molar-refractivity contribution >= 4 is 0 Å². The largest absolute Gasteiger partial charge is 0.469 e. The van der Waals surface area contributed by atoms with Crippen LogP contribution < -0.4 is 0 Å². The third-order valence-electron chi connectivity index (χ3n) is 1.79. The van der Waals surface area contributed by atoms with Crippen molar-refractivity contribution in [3.05, 3.63) is 35.8 Å². The van der Waals surface area contributed by atoms with Crippen molar-refractivity contribution in [2.45, 2.75) is 32.8 Å². The van der Waals surface area contributed by atoms with Gasteiger partial charge in [-0.2, -0.15) is 0 Å². The molecule has 0 aromatic carbocycles. The van der Waals surface area contributed by atoms with Gasteiger partial charge in [0.25, 0.3) is 0 Å². The first-order valence-corrected chi connectivity index (χ1v) is 4.54. The summed E-state index contributed by atoms with van der Waals surface area (Å²) in [6.07, 6.45) is 4.68. The average molecular weight is 180 g/mol. The molecule has 2 heteroatoms. The highest BCUT2D eigenvalue weighted by atomic mass is 16.3. The molecule has 1 unspecified atom stereocenters. The van der Waals surface area contributed by atoms with Gasteiger partial charge in [-0.05, 0) is 32.4 Å². The van der Waals surface area contributed by atoms with Crippen molar-refractivity contribution in [3.8, 4) is 0 Å². The number of allylic oxidation sites excluding steroid dienone is 1. The summed E-state index contributed by atoms with van der Waals surface area (Å²) in [7, 11) is 0. The molecule has 0 bridgehead atoms. The maximum Gasteiger partial charge on any atom is 0.103 e. The van der Waals surface area contributed by atoms with Crippen LogP contribution in [-0.2, 0) is 6.42 Å². The van der Waals surface area contributed by atoms with Gasteiger partial charge in [0.15, 0.2) is 0 Å². The molecule has 72 valence electrons. The van der Waals surface area contributed by atoms with E-state index in [1.54, 1.807) is 6.26 Å². The second kappa shape index (κ2) is 4.87. The van der Waals surface area contributed by atoms with E-state index in [4.69, 9.17) is 4.42 Å². The van der Waals surface area contributed by atoms with Crippen molar-refractivity contribution in [1.29, 1.82) is 0 Å². The molecule has 1 rings (SSSR count). The smallest absolute Gasteiger partial charge is 0.103 e. The highest BCUT2D eigenvalue weighted by Gasteiger charge is 2.02. The minimum absolute atomic E-state index is 0.352. The zero-order valence-electron chi connectivity index (χ0n) is 8.16. The summed E-state index contributed by atoms with van der Waals surface area (Å²) in [5, 5.41) is 9.50. The van der Waals surface area contributed by atoms with Crippen LogP contribution in [0.1, 0.15) is 26.0 Å². The van der Waals surface area contributed by atoms with Gasteiger partial charge in [-0.15, -0.1) is 0 Å². The molecule has 0 aliphatic carbocycles. The van der Waals surface area contributed by atoms with Gasteiger partial charge in [0.2, 0.25) is 0 Å². The molecule has 0 radical (unpaired) electrons. The molecule has 0 spiro atoms. The molecule has 1 aromatic rings. The Morgan fingerprint density at radius 2 is 2.38 bits per heavy atom. The number of furan rings is 1. The summed E-state index contributed by atoms with van der Waals surface area (Å²) >= 11 is 0. The topological polar surface area (TPSA) is 33.4 Å². The van der Waals surface area contributed by atoms with Gasteiger partial charge in [0, 0.05) is 6.42 Å². The second-order valence-electron chi connectivity index (χ2n) is 3.43. The fraction of sp³-hybridized carbons (Fsp3) is 0.455. The first kappa shape index (κ1) is 10.1. The van der Waals surface area contributed by atoms with Gasteiger partial charge < -0.3 is 9.52 Å². The number of hydrogen-bond donors (Lipinski definition) is 1.